The van der Waals surface area contributed by atoms with Gasteiger partial charge >= 0.3 is 0 Å². The zero-order chi connectivity index (χ0) is 17.7. The summed E-state index contributed by atoms with van der Waals surface area (Å²) in [5.41, 5.74) is 1.45. The van der Waals surface area contributed by atoms with E-state index in [0.29, 0.717) is 12.0 Å². The van der Waals surface area contributed by atoms with Crippen LogP contribution in [0.3, 0.4) is 0 Å². The molecule has 0 aliphatic rings. The average Bonchev–Trinajstić information content (AvgIpc) is 3.15. The van der Waals surface area contributed by atoms with Crippen molar-refractivity contribution in [2.45, 2.75) is 84.1 Å². The molecule has 2 heteroatoms. The summed E-state index contributed by atoms with van der Waals surface area (Å²) in [7, 11) is 0. The van der Waals surface area contributed by atoms with Crippen LogP contribution in [0.25, 0.3) is 0 Å². The van der Waals surface area contributed by atoms with Gasteiger partial charge in [0.2, 0.25) is 6.33 Å². The number of nitrogens with one attached hydrogen (secondary N) is 1. The fraction of sp³-hybridized carbons (Fsp3) is 0.609. The molecule has 2 atom stereocenters. The van der Waals surface area contributed by atoms with Gasteiger partial charge in [-0.05, 0) is 24.8 Å². The molecule has 0 bridgehead atoms. The SMILES string of the molecule is CCCCCCCCCCC(C(C)Cc1ccccc1)[n+]1cc[nH]c1. The maximum atomic E-state index is 3.22. The molecule has 2 rings (SSSR count). The van der Waals surface area contributed by atoms with E-state index < -0.39 is 0 Å². The minimum Gasteiger partial charge on any atom is -0.250 e. The zero-order valence-electron chi connectivity index (χ0n) is 16.3. The maximum absolute atomic E-state index is 3.22. The molecule has 25 heavy (non-hydrogen) atoms. The standard InChI is InChI=1S/C23H36N2/c1-3-4-5-6-7-8-9-13-16-23(25-18-17-24-20-25)21(2)19-22-14-11-10-12-15-22/h10-12,14-15,17-18,20-21,23H,3-9,13,16,19H2,1-2H3/p+1. The summed E-state index contributed by atoms with van der Waals surface area (Å²) in [4.78, 5) is 3.22. The topological polar surface area (TPSA) is 19.7 Å². The molecule has 0 fully saturated rings. The van der Waals surface area contributed by atoms with Crippen LogP contribution >= 0.6 is 0 Å². The summed E-state index contributed by atoms with van der Waals surface area (Å²) in [5, 5.41) is 0. The molecule has 0 aliphatic heterocycles. The van der Waals surface area contributed by atoms with E-state index in [1.807, 2.05) is 6.20 Å². The van der Waals surface area contributed by atoms with Gasteiger partial charge in [0.05, 0.1) is 0 Å². The Bertz CT molecular complexity index is 532. The molecule has 0 saturated carbocycles. The monoisotopic (exact) mass is 341 g/mol. The van der Waals surface area contributed by atoms with E-state index in [-0.39, 0.29) is 0 Å². The first-order valence-corrected chi connectivity index (χ1v) is 10.4. The van der Waals surface area contributed by atoms with Crippen LogP contribution in [0.2, 0.25) is 0 Å². The lowest BCUT2D eigenvalue weighted by Crippen LogP contribution is -2.41. The van der Waals surface area contributed by atoms with Gasteiger partial charge < -0.3 is 0 Å². The van der Waals surface area contributed by atoms with Crippen LogP contribution in [0.1, 0.15) is 83.2 Å². The Hall–Kier alpha value is -1.57. The van der Waals surface area contributed by atoms with Crippen molar-refractivity contribution in [2.75, 3.05) is 0 Å². The second kappa shape index (κ2) is 11.9. The van der Waals surface area contributed by atoms with Gasteiger partial charge in [0.25, 0.3) is 0 Å². The van der Waals surface area contributed by atoms with E-state index in [4.69, 9.17) is 0 Å². The molecule has 2 unspecified atom stereocenters. The Morgan fingerprint density at radius 2 is 1.60 bits per heavy atom. The number of benzene rings is 1. The van der Waals surface area contributed by atoms with Crippen LogP contribution in [0, 0.1) is 5.92 Å². The molecular formula is C23H37N2+. The van der Waals surface area contributed by atoms with Crippen LogP contribution in [0.4, 0.5) is 0 Å². The third-order valence-electron chi connectivity index (χ3n) is 5.36. The van der Waals surface area contributed by atoms with Gasteiger partial charge in [-0.1, -0.05) is 89.1 Å². The largest absolute Gasteiger partial charge is 0.250 e. The molecule has 0 saturated heterocycles. The third-order valence-corrected chi connectivity index (χ3v) is 5.36. The molecule has 2 aromatic rings. The summed E-state index contributed by atoms with van der Waals surface area (Å²) in [6.07, 6.45) is 19.9. The predicted molar refractivity (Wildman–Crippen MR) is 107 cm³/mol. The van der Waals surface area contributed by atoms with Gasteiger partial charge in [-0.3, -0.25) is 4.98 Å². The van der Waals surface area contributed by atoms with Gasteiger partial charge in [-0.25, -0.2) is 4.57 Å². The molecule has 0 spiro atoms. The fourth-order valence-electron chi connectivity index (χ4n) is 3.84. The van der Waals surface area contributed by atoms with E-state index in [9.17, 15) is 0 Å². The van der Waals surface area contributed by atoms with Crippen molar-refractivity contribution >= 4 is 0 Å². The number of aromatic amines is 1. The van der Waals surface area contributed by atoms with Gasteiger partial charge in [-0.15, -0.1) is 0 Å². The molecule has 0 aliphatic carbocycles. The molecule has 1 heterocycles. The van der Waals surface area contributed by atoms with Crippen molar-refractivity contribution in [1.29, 1.82) is 0 Å². The maximum Gasteiger partial charge on any atom is 0.241 e. The zero-order valence-corrected chi connectivity index (χ0v) is 16.3. The van der Waals surface area contributed by atoms with Crippen molar-refractivity contribution in [3.63, 3.8) is 0 Å². The van der Waals surface area contributed by atoms with Crippen molar-refractivity contribution < 1.29 is 4.57 Å². The fourth-order valence-corrected chi connectivity index (χ4v) is 3.84. The van der Waals surface area contributed by atoms with Crippen molar-refractivity contribution in [3.05, 3.63) is 54.6 Å². The Labute approximate surface area is 154 Å². The molecular weight excluding hydrogens is 304 g/mol. The van der Waals surface area contributed by atoms with Crippen molar-refractivity contribution in [2.24, 2.45) is 5.92 Å². The Morgan fingerprint density at radius 1 is 0.920 bits per heavy atom. The Balaban J connectivity index is 1.77. The highest BCUT2D eigenvalue weighted by molar-refractivity contribution is 5.15. The highest BCUT2D eigenvalue weighted by atomic mass is 15.1. The number of nitrogens with zero attached hydrogens (tertiary/aromatic N) is 1. The van der Waals surface area contributed by atoms with Crippen LogP contribution in [0.5, 0.6) is 0 Å². The summed E-state index contributed by atoms with van der Waals surface area (Å²) < 4.78 is 2.38. The lowest BCUT2D eigenvalue weighted by Gasteiger charge is -2.21. The summed E-state index contributed by atoms with van der Waals surface area (Å²) in [5.74, 6) is 0.646. The van der Waals surface area contributed by atoms with E-state index in [0.717, 1.165) is 6.42 Å². The highest BCUT2D eigenvalue weighted by Gasteiger charge is 2.23. The Morgan fingerprint density at radius 3 is 2.24 bits per heavy atom. The van der Waals surface area contributed by atoms with Gasteiger partial charge in [0.1, 0.15) is 18.4 Å². The minimum atomic E-state index is 0.589. The molecule has 0 radical (unpaired) electrons. The second-order valence-electron chi connectivity index (χ2n) is 7.56. The summed E-state index contributed by atoms with van der Waals surface area (Å²) in [6.45, 7) is 4.69. The van der Waals surface area contributed by atoms with Gasteiger partial charge in [0.15, 0.2) is 0 Å². The normalized spacial score (nSPS) is 13.7. The quantitative estimate of drug-likeness (QED) is 0.328. The van der Waals surface area contributed by atoms with Crippen LogP contribution < -0.4 is 4.57 Å². The van der Waals surface area contributed by atoms with Crippen molar-refractivity contribution in [1.82, 2.24) is 4.98 Å². The van der Waals surface area contributed by atoms with E-state index in [1.54, 1.807) is 0 Å². The van der Waals surface area contributed by atoms with Gasteiger partial charge in [0, 0.05) is 5.92 Å². The van der Waals surface area contributed by atoms with E-state index in [1.165, 1.54) is 63.4 Å². The van der Waals surface area contributed by atoms with Gasteiger partial charge in [-0.2, -0.15) is 0 Å². The average molecular weight is 342 g/mol. The number of imidazole rings is 1. The Kier molecular flexibility index (Phi) is 9.40. The first-order valence-electron chi connectivity index (χ1n) is 10.4. The smallest absolute Gasteiger partial charge is 0.241 e. The minimum absolute atomic E-state index is 0.589. The molecule has 1 N–H and O–H groups in total. The van der Waals surface area contributed by atoms with E-state index >= 15 is 0 Å². The van der Waals surface area contributed by atoms with E-state index in [2.05, 4.69) is 66.3 Å². The molecule has 2 nitrogen and oxygen atoms in total. The number of unbranched alkanes of at least 4 members (excludes halogenated alkanes) is 7. The lowest BCUT2D eigenvalue weighted by atomic mass is 9.90. The number of hydrogen-bond donors (Lipinski definition) is 1. The van der Waals surface area contributed by atoms with Crippen LogP contribution in [0.15, 0.2) is 49.1 Å². The second-order valence-corrected chi connectivity index (χ2v) is 7.56. The summed E-state index contributed by atoms with van der Waals surface area (Å²) in [6, 6.07) is 11.5. The molecule has 1 aromatic carbocycles. The molecule has 138 valence electrons. The lowest BCUT2D eigenvalue weighted by molar-refractivity contribution is -0.729. The molecule has 1 aromatic heterocycles. The molecule has 0 amide bonds. The highest BCUT2D eigenvalue weighted by Crippen LogP contribution is 2.23. The first kappa shape index (κ1) is 19.8. The van der Waals surface area contributed by atoms with Crippen LogP contribution in [-0.4, -0.2) is 4.98 Å². The first-order chi connectivity index (χ1) is 12.3. The van der Waals surface area contributed by atoms with Crippen LogP contribution in [-0.2, 0) is 6.42 Å². The third kappa shape index (κ3) is 7.46. The van der Waals surface area contributed by atoms with Crippen molar-refractivity contribution in [3.8, 4) is 0 Å². The number of H-pyrrole nitrogens is 1. The number of hydrogen-bond acceptors (Lipinski definition) is 0. The predicted octanol–water partition coefficient (Wildman–Crippen LogP) is 6.25. The number of aromatic nitrogens is 2. The summed E-state index contributed by atoms with van der Waals surface area (Å²) >= 11 is 0. The number of rotatable bonds is 13.